The molecule has 5 heteroatoms. The lowest BCUT2D eigenvalue weighted by molar-refractivity contribution is -0.123. The van der Waals surface area contributed by atoms with Crippen molar-refractivity contribution in [3.8, 4) is 0 Å². The fourth-order valence-corrected chi connectivity index (χ4v) is 5.43. The molecule has 1 saturated heterocycles. The number of rotatable bonds is 3. The fourth-order valence-electron chi connectivity index (χ4n) is 4.92. The summed E-state index contributed by atoms with van der Waals surface area (Å²) in [7, 11) is 0. The van der Waals surface area contributed by atoms with Crippen LogP contribution in [0.2, 0.25) is 10.0 Å². The zero-order chi connectivity index (χ0) is 20.2. The number of benzene rings is 3. The molecule has 1 atom stereocenters. The first-order chi connectivity index (χ1) is 14.0. The maximum Gasteiger partial charge on any atom is 0.241 e. The van der Waals surface area contributed by atoms with Crippen molar-refractivity contribution >= 4 is 40.7 Å². The topological polar surface area (TPSA) is 37.4 Å². The Labute approximate surface area is 178 Å². The quantitative estimate of drug-likeness (QED) is 0.513. The normalized spacial score (nSPS) is 22.3. The molecule has 2 fully saturated rings. The van der Waals surface area contributed by atoms with E-state index >= 15 is 0 Å². The van der Waals surface area contributed by atoms with E-state index in [1.165, 1.54) is 4.90 Å². The van der Waals surface area contributed by atoms with Gasteiger partial charge in [-0.3, -0.25) is 9.59 Å². The SMILES string of the molecule is O=C1CC2(CC2(c2ccccc2)c2ccccc2)C(=O)N1c1cc(Cl)cc(Cl)c1. The molecule has 2 aliphatic rings. The zero-order valence-electron chi connectivity index (χ0n) is 15.4. The van der Waals surface area contributed by atoms with Gasteiger partial charge >= 0.3 is 0 Å². The maximum absolute atomic E-state index is 13.7. The van der Waals surface area contributed by atoms with Crippen LogP contribution in [0.25, 0.3) is 0 Å². The van der Waals surface area contributed by atoms with Gasteiger partial charge in [0.2, 0.25) is 11.8 Å². The van der Waals surface area contributed by atoms with Crippen molar-refractivity contribution in [3.05, 3.63) is 100 Å². The van der Waals surface area contributed by atoms with E-state index in [9.17, 15) is 9.59 Å². The smallest absolute Gasteiger partial charge is 0.241 e. The highest BCUT2D eigenvalue weighted by molar-refractivity contribution is 6.36. The van der Waals surface area contributed by atoms with Gasteiger partial charge in [-0.2, -0.15) is 0 Å². The van der Waals surface area contributed by atoms with Crippen LogP contribution >= 0.6 is 23.2 Å². The second-order valence-electron chi connectivity index (χ2n) is 7.73. The predicted molar refractivity (Wildman–Crippen MR) is 114 cm³/mol. The minimum absolute atomic E-state index is 0.166. The van der Waals surface area contributed by atoms with Crippen LogP contribution in [0.3, 0.4) is 0 Å². The third kappa shape index (κ3) is 2.58. The molecule has 1 unspecified atom stereocenters. The van der Waals surface area contributed by atoms with Crippen LogP contribution in [0.4, 0.5) is 5.69 Å². The van der Waals surface area contributed by atoms with Crippen LogP contribution in [0.1, 0.15) is 24.0 Å². The van der Waals surface area contributed by atoms with Crippen molar-refractivity contribution in [2.75, 3.05) is 4.90 Å². The highest BCUT2D eigenvalue weighted by Gasteiger charge is 2.77. The molecule has 0 aromatic heterocycles. The first kappa shape index (κ1) is 18.4. The van der Waals surface area contributed by atoms with Crippen molar-refractivity contribution in [1.29, 1.82) is 0 Å². The Morgan fingerprint density at radius 2 is 1.28 bits per heavy atom. The summed E-state index contributed by atoms with van der Waals surface area (Å²) in [6, 6.07) is 24.8. The van der Waals surface area contributed by atoms with Gasteiger partial charge in [-0.1, -0.05) is 83.9 Å². The molecule has 0 bridgehead atoms. The number of carbonyl (C=O) groups excluding carboxylic acids is 2. The molecule has 5 rings (SSSR count). The van der Waals surface area contributed by atoms with E-state index < -0.39 is 10.8 Å². The fraction of sp³-hybridized carbons (Fsp3) is 0.167. The number of halogens is 2. The van der Waals surface area contributed by atoms with E-state index in [0.29, 0.717) is 22.2 Å². The van der Waals surface area contributed by atoms with E-state index in [1.807, 2.05) is 60.7 Å². The third-order valence-corrected chi connectivity index (χ3v) is 6.65. The lowest BCUT2D eigenvalue weighted by Crippen LogP contribution is -2.33. The summed E-state index contributed by atoms with van der Waals surface area (Å²) in [4.78, 5) is 28.0. The second kappa shape index (κ2) is 6.45. The van der Waals surface area contributed by atoms with Gasteiger partial charge in [-0.05, 0) is 35.7 Å². The predicted octanol–water partition coefficient (Wildman–Crippen LogP) is 5.63. The van der Waals surface area contributed by atoms with Gasteiger partial charge in [-0.25, -0.2) is 4.90 Å². The number of imide groups is 1. The third-order valence-electron chi connectivity index (χ3n) is 6.21. The first-order valence-corrected chi connectivity index (χ1v) is 10.2. The highest BCUT2D eigenvalue weighted by Crippen LogP contribution is 2.72. The standard InChI is InChI=1S/C24H17Cl2NO2/c25-18-11-19(26)13-20(12-18)27-21(28)14-23(22(27)29)15-24(23,16-7-3-1-4-8-16)17-9-5-2-6-10-17/h1-13H,14-15H2. The molecule has 1 saturated carbocycles. The van der Waals surface area contributed by atoms with Crippen LogP contribution < -0.4 is 4.90 Å². The average Bonchev–Trinajstić information content (AvgIpc) is 3.32. The van der Waals surface area contributed by atoms with Gasteiger partial charge in [0.15, 0.2) is 0 Å². The number of amides is 2. The maximum atomic E-state index is 13.7. The Kier molecular flexibility index (Phi) is 4.09. The Hall–Kier alpha value is -2.62. The molecule has 0 radical (unpaired) electrons. The first-order valence-electron chi connectivity index (χ1n) is 9.42. The second-order valence-corrected chi connectivity index (χ2v) is 8.61. The van der Waals surface area contributed by atoms with E-state index in [0.717, 1.165) is 11.1 Å². The molecule has 0 N–H and O–H groups in total. The van der Waals surface area contributed by atoms with Crippen LogP contribution in [0.5, 0.6) is 0 Å². The van der Waals surface area contributed by atoms with Crippen molar-refractivity contribution in [2.45, 2.75) is 18.3 Å². The van der Waals surface area contributed by atoms with Gasteiger partial charge < -0.3 is 0 Å². The number of carbonyl (C=O) groups is 2. The van der Waals surface area contributed by atoms with E-state index in [1.54, 1.807) is 18.2 Å². The molecule has 1 aliphatic heterocycles. The molecular weight excluding hydrogens is 405 g/mol. The van der Waals surface area contributed by atoms with Crippen LogP contribution in [-0.4, -0.2) is 11.8 Å². The molecule has 1 spiro atoms. The Bertz CT molecular complexity index is 1070. The molecule has 1 heterocycles. The van der Waals surface area contributed by atoms with Gasteiger partial charge in [0.1, 0.15) is 0 Å². The van der Waals surface area contributed by atoms with Crippen LogP contribution in [-0.2, 0) is 15.0 Å². The number of nitrogens with zero attached hydrogens (tertiary/aromatic N) is 1. The lowest BCUT2D eigenvalue weighted by Gasteiger charge is -2.23. The molecule has 1 aliphatic carbocycles. The van der Waals surface area contributed by atoms with E-state index in [2.05, 4.69) is 0 Å². The van der Waals surface area contributed by atoms with Gasteiger partial charge in [0.05, 0.1) is 11.1 Å². The minimum Gasteiger partial charge on any atom is -0.274 e. The lowest BCUT2D eigenvalue weighted by atomic mass is 9.79. The summed E-state index contributed by atoms with van der Waals surface area (Å²) in [6.45, 7) is 0. The van der Waals surface area contributed by atoms with Crippen molar-refractivity contribution in [1.82, 2.24) is 0 Å². The summed E-state index contributed by atoms with van der Waals surface area (Å²) >= 11 is 12.2. The Balaban J connectivity index is 1.64. The van der Waals surface area contributed by atoms with Crippen LogP contribution in [0, 0.1) is 5.41 Å². The highest BCUT2D eigenvalue weighted by atomic mass is 35.5. The largest absolute Gasteiger partial charge is 0.274 e. The monoisotopic (exact) mass is 421 g/mol. The molecule has 3 aromatic carbocycles. The number of anilines is 1. The van der Waals surface area contributed by atoms with Crippen molar-refractivity contribution in [3.63, 3.8) is 0 Å². The average molecular weight is 422 g/mol. The molecule has 3 nitrogen and oxygen atoms in total. The zero-order valence-corrected chi connectivity index (χ0v) is 17.0. The summed E-state index contributed by atoms with van der Waals surface area (Å²) < 4.78 is 0. The Morgan fingerprint density at radius 1 is 0.759 bits per heavy atom. The summed E-state index contributed by atoms with van der Waals surface area (Å²) in [6.07, 6.45) is 0.767. The Morgan fingerprint density at radius 3 is 1.79 bits per heavy atom. The van der Waals surface area contributed by atoms with Crippen LogP contribution in [0.15, 0.2) is 78.9 Å². The van der Waals surface area contributed by atoms with Gasteiger partial charge in [0.25, 0.3) is 0 Å². The summed E-state index contributed by atoms with van der Waals surface area (Å²) in [5.74, 6) is -0.407. The summed E-state index contributed by atoms with van der Waals surface area (Å²) in [5.41, 5.74) is 1.23. The van der Waals surface area contributed by atoms with E-state index in [4.69, 9.17) is 23.2 Å². The molecule has 144 valence electrons. The summed E-state index contributed by atoms with van der Waals surface area (Å²) in [5, 5.41) is 0.782. The minimum atomic E-state index is -0.790. The molecule has 29 heavy (non-hydrogen) atoms. The number of hydrogen-bond donors (Lipinski definition) is 0. The number of hydrogen-bond acceptors (Lipinski definition) is 2. The van der Waals surface area contributed by atoms with Crippen molar-refractivity contribution in [2.24, 2.45) is 5.41 Å². The van der Waals surface area contributed by atoms with E-state index in [-0.39, 0.29) is 18.2 Å². The van der Waals surface area contributed by atoms with Gasteiger partial charge in [0, 0.05) is 21.9 Å². The molecule has 2 amide bonds. The molecule has 3 aromatic rings. The van der Waals surface area contributed by atoms with Crippen molar-refractivity contribution < 1.29 is 9.59 Å². The van der Waals surface area contributed by atoms with Gasteiger partial charge in [-0.15, -0.1) is 0 Å². The molecular formula is C24H17Cl2NO2.